The first-order chi connectivity index (χ1) is 62.4. The lowest BCUT2D eigenvalue weighted by molar-refractivity contribution is -0.142. The average Bonchev–Trinajstić information content (AvgIpc) is 0.793. The number of piperazine rings is 4. The van der Waals surface area contributed by atoms with Gasteiger partial charge in [0.2, 0.25) is 0 Å². The first-order valence-electron chi connectivity index (χ1n) is 42.2. The molecular formula is C102H98Cl8F2N8O10. The summed E-state index contributed by atoms with van der Waals surface area (Å²) in [4.78, 5) is 68.1. The van der Waals surface area contributed by atoms with Gasteiger partial charge in [-0.25, -0.2) is 8.78 Å². The van der Waals surface area contributed by atoms with Crippen LogP contribution in [0.3, 0.4) is 0 Å². The maximum absolute atomic E-state index is 13.6. The maximum Gasteiger partial charge on any atom is 0.256 e. The van der Waals surface area contributed by atoms with Gasteiger partial charge in [-0.15, -0.1) is 0 Å². The van der Waals surface area contributed by atoms with Gasteiger partial charge in [0.1, 0.15) is 23.1 Å². The van der Waals surface area contributed by atoms with E-state index in [4.69, 9.17) is 102 Å². The number of aliphatic hydroxyl groups excluding tert-OH is 4. The number of nitrogens with zero attached hydrogens (tertiary/aromatic N) is 8. The summed E-state index contributed by atoms with van der Waals surface area (Å²) in [6.45, 7) is 13.5. The summed E-state index contributed by atoms with van der Waals surface area (Å²) in [5, 5.41) is 48.0. The van der Waals surface area contributed by atoms with Crippen molar-refractivity contribution in [1.29, 1.82) is 0 Å². The van der Waals surface area contributed by atoms with Gasteiger partial charge in [0.15, 0.2) is 24.4 Å². The van der Waals surface area contributed by atoms with Crippen LogP contribution in [-0.2, 0) is 19.2 Å². The number of amides is 4. The van der Waals surface area contributed by atoms with Gasteiger partial charge in [-0.2, -0.15) is 0 Å². The Kier molecular flexibility index (Phi) is 33.2. The molecule has 12 aromatic carbocycles. The third kappa shape index (κ3) is 24.0. The molecule has 0 saturated carbocycles. The van der Waals surface area contributed by atoms with E-state index in [0.717, 1.165) is 67.3 Å². The lowest BCUT2D eigenvalue weighted by atomic mass is 9.99. The fraction of sp³-hybridized carbons (Fsp3) is 0.255. The molecule has 4 amide bonds. The van der Waals surface area contributed by atoms with Crippen LogP contribution >= 0.6 is 92.8 Å². The van der Waals surface area contributed by atoms with E-state index in [2.05, 4.69) is 19.6 Å². The molecule has 0 aromatic heterocycles. The summed E-state index contributed by atoms with van der Waals surface area (Å²) in [6, 6.07) is 78.1. The van der Waals surface area contributed by atoms with Gasteiger partial charge in [0, 0.05) is 98.6 Å². The fourth-order valence-electron chi connectivity index (χ4n) is 16.5. The molecule has 4 unspecified atom stereocenters. The van der Waals surface area contributed by atoms with E-state index in [1.807, 2.05) is 198 Å². The van der Waals surface area contributed by atoms with Gasteiger partial charge in [0.25, 0.3) is 23.6 Å². The Balaban J connectivity index is 0.000000148. The molecule has 0 radical (unpaired) electrons. The second-order valence-corrected chi connectivity index (χ2v) is 35.6. The van der Waals surface area contributed by atoms with Crippen molar-refractivity contribution in [2.24, 2.45) is 0 Å². The summed E-state index contributed by atoms with van der Waals surface area (Å²) in [7, 11) is 3.13. The summed E-state index contributed by atoms with van der Waals surface area (Å²) in [5.41, 5.74) is 13.6. The Morgan fingerprint density at radius 3 is 0.823 bits per heavy atom. The second-order valence-electron chi connectivity index (χ2n) is 32.3. The van der Waals surface area contributed by atoms with Crippen molar-refractivity contribution in [1.82, 2.24) is 19.6 Å². The SMILES string of the molecule is COc1ccc(C(O)C(=O)N2CCN(c3ccc(C)cc3Cl)[C@H](c3ccc(Cl)cc3)C2)cc1.COc1cccc(C(O)C(=O)N2CCN(c3ccc(C)cc3Cl)[C@H](c3ccc(Cl)cc3)C2)c1.Cc1ccc(N2CCN(C(=O)C(O)c3ccc(F)cc3)C[C@H]2c2ccc(Cl)cc2)c(Cl)c1.Cc1ccc(N2CCN(C(=O)C(O)c3cccc(F)c3)C[C@H]2c2ccc(Cl)cc2)c(Cl)c1. The number of aryl methyl sites for hydroxylation is 4. The van der Waals surface area contributed by atoms with E-state index in [9.17, 15) is 48.4 Å². The van der Waals surface area contributed by atoms with Gasteiger partial charge in [-0.05, 0) is 240 Å². The minimum absolute atomic E-state index is 0.136. The van der Waals surface area contributed by atoms with Crippen molar-refractivity contribution >= 4 is 139 Å². The van der Waals surface area contributed by atoms with E-state index < -0.39 is 47.9 Å². The maximum atomic E-state index is 13.6. The lowest BCUT2D eigenvalue weighted by Crippen LogP contribution is -2.51. The van der Waals surface area contributed by atoms with Crippen molar-refractivity contribution in [2.45, 2.75) is 76.3 Å². The number of aliphatic hydroxyl groups is 4. The molecule has 676 valence electrons. The van der Waals surface area contributed by atoms with Gasteiger partial charge < -0.3 is 69.1 Å². The molecule has 8 atom stereocenters. The van der Waals surface area contributed by atoms with Crippen molar-refractivity contribution in [2.75, 3.05) is 112 Å². The van der Waals surface area contributed by atoms with Gasteiger partial charge in [0.05, 0.1) is 81.2 Å². The van der Waals surface area contributed by atoms with Crippen LogP contribution in [0, 0.1) is 39.3 Å². The molecule has 28 heteroatoms. The number of methoxy groups -OCH3 is 2. The van der Waals surface area contributed by atoms with Crippen LogP contribution in [0.4, 0.5) is 31.5 Å². The quantitative estimate of drug-likeness (QED) is 0.0634. The molecule has 18 nitrogen and oxygen atoms in total. The minimum Gasteiger partial charge on any atom is -0.497 e. The van der Waals surface area contributed by atoms with Crippen molar-refractivity contribution in [3.05, 3.63) is 385 Å². The van der Waals surface area contributed by atoms with Crippen molar-refractivity contribution < 1.29 is 57.9 Å². The fourth-order valence-corrected chi connectivity index (χ4v) is 18.4. The van der Waals surface area contributed by atoms with Crippen LogP contribution in [-0.4, -0.2) is 156 Å². The normalized spacial score (nSPS) is 17.2. The van der Waals surface area contributed by atoms with Crippen molar-refractivity contribution in [3.63, 3.8) is 0 Å². The third-order valence-corrected chi connectivity index (χ3v) is 25.8. The monoisotopic (exact) mass is 1910 g/mol. The van der Waals surface area contributed by atoms with E-state index in [-0.39, 0.29) is 41.5 Å². The van der Waals surface area contributed by atoms with Crippen LogP contribution < -0.4 is 29.1 Å². The smallest absolute Gasteiger partial charge is 0.256 e. The van der Waals surface area contributed by atoms with Crippen LogP contribution in [0.2, 0.25) is 40.2 Å². The standard InChI is InChI=1S/2C26H26Cl2N2O3.2C25H23Cl2FN2O2/c1-17-3-12-23(22(28)15-17)30-14-13-29(16-24(30)18-4-8-20(27)9-5-18)26(32)25(31)19-6-10-21(33-2)11-7-19;1-17-6-11-23(22(28)14-17)30-13-12-29(16-24(30)18-7-9-20(27)10-8-18)26(32)25(31)19-4-3-5-21(15-19)33-2;1-16-2-11-22(21(27)14-16)30-13-12-29(15-23(30)17-3-7-19(26)8-4-17)25(32)24(31)18-5-9-20(28)10-6-18;1-16-5-10-22(21(27)13-16)30-12-11-29(15-23(30)17-6-8-19(26)9-7-17)25(32)24(31)18-3-2-4-20(28)14-18/h3-12,15,24-25,31H,13-14,16H2,1-2H3;3-11,14-15,24-25,31H,12-13,16H2,1-2H3;2-11,14,23-24,31H,12-13,15H2,1H3;2-10,13-14,23-24,31H,11-12,15H2,1H3/t2*24-,25?;2*23-,24?/m0000/s1. The van der Waals surface area contributed by atoms with E-state index in [0.29, 0.717) is 147 Å². The Bertz CT molecular complexity index is 5920. The molecule has 130 heavy (non-hydrogen) atoms. The number of hydrogen-bond acceptors (Lipinski definition) is 14. The summed E-state index contributed by atoms with van der Waals surface area (Å²) in [5.74, 6) is -1.17. The van der Waals surface area contributed by atoms with Crippen LogP contribution in [0.25, 0.3) is 0 Å². The topological polar surface area (TPSA) is 194 Å². The predicted octanol–water partition coefficient (Wildman–Crippen LogP) is 22.0. The van der Waals surface area contributed by atoms with E-state index in [1.54, 1.807) is 88.4 Å². The van der Waals surface area contributed by atoms with Crippen molar-refractivity contribution in [3.8, 4) is 11.5 Å². The Morgan fingerprint density at radius 2 is 0.554 bits per heavy atom. The zero-order valence-electron chi connectivity index (χ0n) is 72.1. The molecule has 4 N–H and O–H groups in total. The van der Waals surface area contributed by atoms with Crippen LogP contribution in [0.5, 0.6) is 11.5 Å². The predicted molar refractivity (Wildman–Crippen MR) is 516 cm³/mol. The Hall–Kier alpha value is -10.7. The first kappa shape index (κ1) is 96.9. The van der Waals surface area contributed by atoms with Gasteiger partial charge in [-0.3, -0.25) is 19.2 Å². The molecule has 4 saturated heterocycles. The lowest BCUT2D eigenvalue weighted by Gasteiger charge is -2.44. The van der Waals surface area contributed by atoms with E-state index in [1.165, 1.54) is 42.5 Å². The molecule has 0 spiro atoms. The molecule has 4 fully saturated rings. The second kappa shape index (κ2) is 44.5. The highest BCUT2D eigenvalue weighted by atomic mass is 35.5. The van der Waals surface area contributed by atoms with Gasteiger partial charge >= 0.3 is 0 Å². The molecule has 0 bridgehead atoms. The van der Waals surface area contributed by atoms with Gasteiger partial charge in [-0.1, -0.05) is 214 Å². The van der Waals surface area contributed by atoms with E-state index >= 15 is 0 Å². The number of ether oxygens (including phenoxy) is 2. The molecule has 4 aliphatic rings. The Morgan fingerprint density at radius 1 is 0.292 bits per heavy atom. The highest BCUT2D eigenvalue weighted by Gasteiger charge is 2.40. The molecule has 12 aromatic rings. The number of rotatable bonds is 18. The Labute approximate surface area is 796 Å². The number of anilines is 4. The highest BCUT2D eigenvalue weighted by molar-refractivity contribution is 6.35. The minimum atomic E-state index is -1.42. The zero-order chi connectivity index (χ0) is 92.7. The number of benzene rings is 12. The van der Waals surface area contributed by atoms with Crippen LogP contribution in [0.15, 0.2) is 267 Å². The average molecular weight is 1920 g/mol. The van der Waals surface area contributed by atoms with Crippen LogP contribution in [0.1, 0.15) is 115 Å². The number of carbonyl (C=O) groups is 4. The third-order valence-electron chi connectivity index (χ3n) is 23.6. The highest BCUT2D eigenvalue weighted by Crippen LogP contribution is 2.43. The first-order valence-corrected chi connectivity index (χ1v) is 45.2. The molecular weight excluding hydrogens is 1820 g/mol. The summed E-state index contributed by atoms with van der Waals surface area (Å²) < 4.78 is 37.2. The summed E-state index contributed by atoms with van der Waals surface area (Å²) >= 11 is 50.7. The molecule has 0 aliphatic carbocycles. The molecule has 4 aliphatic heterocycles. The number of hydrogen-bond donors (Lipinski definition) is 4. The molecule has 16 rings (SSSR count). The number of carbonyl (C=O) groups excluding carboxylic acids is 4. The zero-order valence-corrected chi connectivity index (χ0v) is 78.2. The number of halogens is 10. The largest absolute Gasteiger partial charge is 0.497 e. The molecule has 4 heterocycles. The summed E-state index contributed by atoms with van der Waals surface area (Å²) in [6.07, 6.45) is -5.28.